The van der Waals surface area contributed by atoms with Gasteiger partial charge in [-0.25, -0.2) is 4.98 Å². The molecule has 0 amide bonds. The van der Waals surface area contributed by atoms with Crippen molar-refractivity contribution in [2.24, 2.45) is 0 Å². The second kappa shape index (κ2) is 4.03. The summed E-state index contributed by atoms with van der Waals surface area (Å²) in [5.41, 5.74) is 10.0. The molecule has 1 saturated carbocycles. The van der Waals surface area contributed by atoms with Crippen LogP contribution in [0.15, 0.2) is 10.9 Å². The molecular formula is C10H12N4S2. The van der Waals surface area contributed by atoms with Gasteiger partial charge in [-0.3, -0.25) is 0 Å². The quantitative estimate of drug-likeness (QED) is 0.878. The van der Waals surface area contributed by atoms with E-state index in [1.165, 1.54) is 29.9 Å². The third-order valence-electron chi connectivity index (χ3n) is 2.65. The van der Waals surface area contributed by atoms with Crippen molar-refractivity contribution in [1.29, 1.82) is 0 Å². The molecule has 0 saturated heterocycles. The Morgan fingerprint density at radius 2 is 2.38 bits per heavy atom. The van der Waals surface area contributed by atoms with Crippen LogP contribution in [0.1, 0.15) is 30.0 Å². The molecule has 2 heterocycles. The van der Waals surface area contributed by atoms with Crippen molar-refractivity contribution < 1.29 is 0 Å². The Balaban J connectivity index is 1.74. The molecule has 1 aliphatic carbocycles. The van der Waals surface area contributed by atoms with E-state index < -0.39 is 0 Å². The lowest BCUT2D eigenvalue weighted by Gasteiger charge is -2.04. The van der Waals surface area contributed by atoms with E-state index in [4.69, 9.17) is 5.73 Å². The highest BCUT2D eigenvalue weighted by atomic mass is 32.1. The van der Waals surface area contributed by atoms with E-state index in [2.05, 4.69) is 14.7 Å². The van der Waals surface area contributed by atoms with Crippen molar-refractivity contribution in [1.82, 2.24) is 9.36 Å². The highest BCUT2D eigenvalue weighted by Crippen LogP contribution is 2.47. The Hall–Kier alpha value is -1.14. The normalized spacial score (nSPS) is 15.2. The molecule has 0 bridgehead atoms. The van der Waals surface area contributed by atoms with Gasteiger partial charge < -0.3 is 11.1 Å². The Morgan fingerprint density at radius 1 is 1.50 bits per heavy atom. The maximum Gasteiger partial charge on any atom is 0.142 e. The Labute approximate surface area is 102 Å². The van der Waals surface area contributed by atoms with Crippen LogP contribution >= 0.6 is 22.9 Å². The summed E-state index contributed by atoms with van der Waals surface area (Å²) in [5, 5.41) is 6.55. The van der Waals surface area contributed by atoms with Gasteiger partial charge in [-0.1, -0.05) is 0 Å². The van der Waals surface area contributed by atoms with Crippen LogP contribution in [0.2, 0.25) is 0 Å². The van der Waals surface area contributed by atoms with Crippen molar-refractivity contribution in [3.05, 3.63) is 22.1 Å². The van der Waals surface area contributed by atoms with Gasteiger partial charge in [-0.05, 0) is 30.3 Å². The molecule has 2 aromatic heterocycles. The maximum absolute atomic E-state index is 5.88. The molecule has 0 aliphatic heterocycles. The summed E-state index contributed by atoms with van der Waals surface area (Å²) in [6.07, 6.45) is 2.49. The summed E-state index contributed by atoms with van der Waals surface area (Å²) in [6, 6.07) is 0. The Kier molecular flexibility index (Phi) is 2.53. The zero-order valence-corrected chi connectivity index (χ0v) is 10.3. The van der Waals surface area contributed by atoms with Crippen LogP contribution in [0.25, 0.3) is 0 Å². The fourth-order valence-corrected chi connectivity index (χ4v) is 3.05. The van der Waals surface area contributed by atoms with Crippen molar-refractivity contribution >= 4 is 33.7 Å². The van der Waals surface area contributed by atoms with Gasteiger partial charge in [0, 0.05) is 10.9 Å². The first-order chi connectivity index (χ1) is 7.84. The van der Waals surface area contributed by atoms with Crippen LogP contribution in [0.5, 0.6) is 0 Å². The van der Waals surface area contributed by atoms with Crippen molar-refractivity contribution in [3.8, 4) is 0 Å². The SMILES string of the molecule is Nc1nsc(NCc2cscn2)c1C1CC1. The van der Waals surface area contributed by atoms with E-state index in [0.29, 0.717) is 11.7 Å². The van der Waals surface area contributed by atoms with E-state index in [9.17, 15) is 0 Å². The number of anilines is 2. The predicted octanol–water partition coefficient (Wildman–Crippen LogP) is 2.67. The summed E-state index contributed by atoms with van der Waals surface area (Å²) in [4.78, 5) is 4.24. The van der Waals surface area contributed by atoms with Crippen molar-refractivity contribution in [2.75, 3.05) is 11.1 Å². The van der Waals surface area contributed by atoms with Crippen molar-refractivity contribution in [3.63, 3.8) is 0 Å². The summed E-state index contributed by atoms with van der Waals surface area (Å²) in [7, 11) is 0. The number of thiazole rings is 1. The maximum atomic E-state index is 5.88. The van der Waals surface area contributed by atoms with Crippen LogP contribution in [-0.2, 0) is 6.54 Å². The highest BCUT2D eigenvalue weighted by molar-refractivity contribution is 7.10. The average Bonchev–Trinajstić information content (AvgIpc) is 2.85. The van der Waals surface area contributed by atoms with Gasteiger partial charge in [-0.15, -0.1) is 11.3 Å². The molecule has 0 spiro atoms. The van der Waals surface area contributed by atoms with Gasteiger partial charge in [0.05, 0.1) is 17.7 Å². The fraction of sp³-hybridized carbons (Fsp3) is 0.400. The first-order valence-corrected chi connectivity index (χ1v) is 6.92. The number of nitrogens with zero attached hydrogens (tertiary/aromatic N) is 2. The average molecular weight is 252 g/mol. The molecule has 1 aliphatic rings. The highest BCUT2D eigenvalue weighted by Gasteiger charge is 2.30. The zero-order chi connectivity index (χ0) is 11.0. The molecule has 3 rings (SSSR count). The molecule has 1 fully saturated rings. The third kappa shape index (κ3) is 1.90. The predicted molar refractivity (Wildman–Crippen MR) is 67.9 cm³/mol. The molecular weight excluding hydrogens is 240 g/mol. The Bertz CT molecular complexity index is 473. The van der Waals surface area contributed by atoms with Gasteiger partial charge in [0.25, 0.3) is 0 Å². The van der Waals surface area contributed by atoms with E-state index in [-0.39, 0.29) is 0 Å². The topological polar surface area (TPSA) is 63.8 Å². The standard InChI is InChI=1S/C10H12N4S2/c11-9-8(6-1-2-6)10(16-14-9)12-3-7-4-15-5-13-7/h4-6,12H,1-3H2,(H2,11,14). The molecule has 84 valence electrons. The molecule has 2 aromatic rings. The minimum atomic E-state index is 0.636. The number of hydrogen-bond donors (Lipinski definition) is 2. The molecule has 0 unspecified atom stereocenters. The van der Waals surface area contributed by atoms with E-state index in [1.807, 2.05) is 10.9 Å². The Morgan fingerprint density at radius 3 is 3.06 bits per heavy atom. The summed E-state index contributed by atoms with van der Waals surface area (Å²) in [5.74, 6) is 1.34. The largest absolute Gasteiger partial charge is 0.383 e. The fourth-order valence-electron chi connectivity index (χ4n) is 1.70. The lowest BCUT2D eigenvalue weighted by atomic mass is 10.2. The van der Waals surface area contributed by atoms with Gasteiger partial charge in [-0.2, -0.15) is 4.37 Å². The molecule has 3 N–H and O–H groups in total. The van der Waals surface area contributed by atoms with E-state index in [0.717, 1.165) is 17.2 Å². The molecule has 4 nitrogen and oxygen atoms in total. The second-order valence-corrected chi connectivity index (χ2v) is 5.41. The number of nitrogens with two attached hydrogens (primary N) is 1. The molecule has 0 radical (unpaired) electrons. The first-order valence-electron chi connectivity index (χ1n) is 5.20. The van der Waals surface area contributed by atoms with Crippen LogP contribution in [-0.4, -0.2) is 9.36 Å². The summed E-state index contributed by atoms with van der Waals surface area (Å²) < 4.78 is 4.22. The summed E-state index contributed by atoms with van der Waals surface area (Å²) >= 11 is 3.07. The number of nitrogens with one attached hydrogen (secondary N) is 1. The first kappa shape index (κ1) is 10.0. The van der Waals surface area contributed by atoms with Gasteiger partial charge in [0.15, 0.2) is 0 Å². The van der Waals surface area contributed by atoms with Crippen LogP contribution < -0.4 is 11.1 Å². The number of rotatable bonds is 4. The minimum absolute atomic E-state index is 0.636. The van der Waals surface area contributed by atoms with Crippen LogP contribution in [0.4, 0.5) is 10.8 Å². The molecule has 16 heavy (non-hydrogen) atoms. The number of nitrogen functional groups attached to an aromatic ring is 1. The monoisotopic (exact) mass is 252 g/mol. The van der Waals surface area contributed by atoms with Crippen LogP contribution in [0.3, 0.4) is 0 Å². The van der Waals surface area contributed by atoms with E-state index >= 15 is 0 Å². The lowest BCUT2D eigenvalue weighted by Crippen LogP contribution is -2.00. The van der Waals surface area contributed by atoms with Gasteiger partial charge in [0.2, 0.25) is 0 Å². The minimum Gasteiger partial charge on any atom is -0.383 e. The second-order valence-electron chi connectivity index (χ2n) is 3.92. The smallest absolute Gasteiger partial charge is 0.142 e. The third-order valence-corrected chi connectivity index (χ3v) is 4.13. The van der Waals surface area contributed by atoms with Gasteiger partial charge >= 0.3 is 0 Å². The summed E-state index contributed by atoms with van der Waals surface area (Å²) in [6.45, 7) is 0.755. The molecule has 0 aromatic carbocycles. The zero-order valence-electron chi connectivity index (χ0n) is 8.64. The van der Waals surface area contributed by atoms with E-state index in [1.54, 1.807) is 11.3 Å². The molecule has 0 atom stereocenters. The lowest BCUT2D eigenvalue weighted by molar-refractivity contribution is 1.06. The van der Waals surface area contributed by atoms with Gasteiger partial charge in [0.1, 0.15) is 10.8 Å². The molecule has 6 heteroatoms. The van der Waals surface area contributed by atoms with Crippen LogP contribution in [0, 0.1) is 0 Å². The van der Waals surface area contributed by atoms with Crippen molar-refractivity contribution in [2.45, 2.75) is 25.3 Å². The number of hydrogen-bond acceptors (Lipinski definition) is 6. The number of aromatic nitrogens is 2.